The van der Waals surface area contributed by atoms with Crippen LogP contribution in [-0.4, -0.2) is 12.1 Å². The van der Waals surface area contributed by atoms with Gasteiger partial charge in [-0.3, -0.25) is 5.43 Å². The van der Waals surface area contributed by atoms with E-state index in [0.717, 1.165) is 11.1 Å². The smallest absolute Gasteiger partial charge is 0.421 e. The highest BCUT2D eigenvalue weighted by Crippen LogP contribution is 2.02. The van der Waals surface area contributed by atoms with Gasteiger partial charge in [-0.05, 0) is 18.1 Å². The zero-order valence-electron chi connectivity index (χ0n) is 12.5. The summed E-state index contributed by atoms with van der Waals surface area (Å²) < 4.78 is 5.10. The molecule has 0 aliphatic heterocycles. The van der Waals surface area contributed by atoms with Crippen molar-refractivity contribution in [3.63, 3.8) is 0 Å². The molecule has 2 aromatic rings. The Bertz CT molecular complexity index is 597. The first-order valence-electron chi connectivity index (χ1n) is 7.19. The summed E-state index contributed by atoms with van der Waals surface area (Å²) in [4.78, 5) is 11.6. The van der Waals surface area contributed by atoms with Crippen LogP contribution in [0.15, 0.2) is 66.7 Å². The fourth-order valence-corrected chi connectivity index (χ4v) is 1.80. The van der Waals surface area contributed by atoms with Crippen LogP contribution in [0.5, 0.6) is 0 Å². The Morgan fingerprint density at radius 2 is 1.73 bits per heavy atom. The monoisotopic (exact) mass is 296 g/mol. The number of hydrogen-bond donors (Lipinski definition) is 2. The molecular formula is C18H20N2O2. The number of nitrogens with one attached hydrogen (secondary N) is 2. The van der Waals surface area contributed by atoms with Crippen molar-refractivity contribution >= 4 is 12.2 Å². The molecule has 4 heteroatoms. The third-order valence-electron chi connectivity index (χ3n) is 2.99. The third-order valence-corrected chi connectivity index (χ3v) is 2.99. The second-order valence-corrected chi connectivity index (χ2v) is 4.89. The van der Waals surface area contributed by atoms with Gasteiger partial charge in [0.05, 0.1) is 0 Å². The number of hydrazine groups is 1. The molecule has 0 bridgehead atoms. The summed E-state index contributed by atoms with van der Waals surface area (Å²) in [6.07, 6.45) is 3.46. The van der Waals surface area contributed by atoms with Crippen LogP contribution >= 0.6 is 0 Å². The first-order chi connectivity index (χ1) is 10.7. The molecule has 0 aromatic heterocycles. The first-order valence-corrected chi connectivity index (χ1v) is 7.19. The lowest BCUT2D eigenvalue weighted by Gasteiger charge is -2.11. The number of hydrogen-bond acceptors (Lipinski definition) is 3. The Kier molecular flexibility index (Phi) is 6.20. The highest BCUT2D eigenvalue weighted by Gasteiger charge is 2.03. The summed E-state index contributed by atoms with van der Waals surface area (Å²) in [6, 6.07) is 19.5. The molecule has 2 aromatic carbocycles. The van der Waals surface area contributed by atoms with E-state index in [1.165, 1.54) is 0 Å². The van der Waals surface area contributed by atoms with Gasteiger partial charge in [-0.2, -0.15) is 0 Å². The van der Waals surface area contributed by atoms with Crippen LogP contribution in [0.3, 0.4) is 0 Å². The van der Waals surface area contributed by atoms with Gasteiger partial charge < -0.3 is 4.74 Å². The number of carbonyl (C=O) groups excluding carboxylic acids is 1. The molecule has 0 spiro atoms. The van der Waals surface area contributed by atoms with Crippen LogP contribution in [-0.2, 0) is 11.3 Å². The van der Waals surface area contributed by atoms with Gasteiger partial charge in [-0.15, -0.1) is 0 Å². The minimum atomic E-state index is -0.496. The fraction of sp³-hybridized carbons (Fsp3) is 0.167. The summed E-state index contributed by atoms with van der Waals surface area (Å²) in [5.74, 6) is 0. The van der Waals surface area contributed by atoms with Gasteiger partial charge in [0.1, 0.15) is 6.61 Å². The normalized spacial score (nSPS) is 12.0. The fourth-order valence-electron chi connectivity index (χ4n) is 1.80. The number of carbonyl (C=O) groups is 1. The summed E-state index contributed by atoms with van der Waals surface area (Å²) in [6.45, 7) is 2.19. The summed E-state index contributed by atoms with van der Waals surface area (Å²) >= 11 is 0. The van der Waals surface area contributed by atoms with Gasteiger partial charge in [0.25, 0.3) is 0 Å². The average Bonchev–Trinajstić information content (AvgIpc) is 2.58. The molecule has 1 amide bonds. The first kappa shape index (κ1) is 15.8. The van der Waals surface area contributed by atoms with Crippen LogP contribution in [0.2, 0.25) is 0 Å². The molecule has 0 saturated carbocycles. The molecule has 0 heterocycles. The largest absolute Gasteiger partial charge is 0.444 e. The molecule has 0 aliphatic rings. The second kappa shape index (κ2) is 8.64. The number of amides is 1. The van der Waals surface area contributed by atoms with E-state index >= 15 is 0 Å². The Morgan fingerprint density at radius 3 is 2.41 bits per heavy atom. The highest BCUT2D eigenvalue weighted by molar-refractivity contribution is 5.66. The lowest BCUT2D eigenvalue weighted by molar-refractivity contribution is 0.134. The maximum atomic E-state index is 11.6. The van der Waals surface area contributed by atoms with Gasteiger partial charge in [-0.1, -0.05) is 72.8 Å². The van der Waals surface area contributed by atoms with Crippen molar-refractivity contribution in [3.05, 3.63) is 77.9 Å². The van der Waals surface area contributed by atoms with Crippen molar-refractivity contribution in [2.75, 3.05) is 0 Å². The van der Waals surface area contributed by atoms with E-state index < -0.39 is 6.09 Å². The Hall–Kier alpha value is -2.59. The Morgan fingerprint density at radius 1 is 1.09 bits per heavy atom. The van der Waals surface area contributed by atoms with Crippen LogP contribution in [0, 0.1) is 0 Å². The molecular weight excluding hydrogens is 276 g/mol. The number of ether oxygens (including phenoxy) is 1. The van der Waals surface area contributed by atoms with E-state index in [2.05, 4.69) is 10.9 Å². The molecule has 0 radical (unpaired) electrons. The van der Waals surface area contributed by atoms with Crippen molar-refractivity contribution in [2.45, 2.75) is 19.6 Å². The topological polar surface area (TPSA) is 50.4 Å². The molecule has 0 saturated heterocycles. The average molecular weight is 296 g/mol. The van der Waals surface area contributed by atoms with Gasteiger partial charge in [0.15, 0.2) is 0 Å². The van der Waals surface area contributed by atoms with Crippen molar-refractivity contribution in [2.24, 2.45) is 0 Å². The minimum absolute atomic E-state index is 0.00974. The third kappa shape index (κ3) is 5.81. The van der Waals surface area contributed by atoms with E-state index in [1.54, 1.807) is 0 Å². The number of benzene rings is 2. The molecule has 2 N–H and O–H groups in total. The van der Waals surface area contributed by atoms with Crippen LogP contribution < -0.4 is 10.9 Å². The van der Waals surface area contributed by atoms with Crippen molar-refractivity contribution in [3.8, 4) is 0 Å². The lowest BCUT2D eigenvalue weighted by atomic mass is 10.2. The summed E-state index contributed by atoms with van der Waals surface area (Å²) in [5, 5.41) is 0. The molecule has 0 fully saturated rings. The maximum absolute atomic E-state index is 11.6. The Balaban J connectivity index is 1.68. The summed E-state index contributed by atoms with van der Waals surface area (Å²) in [7, 11) is 0. The van der Waals surface area contributed by atoms with Crippen molar-refractivity contribution in [1.82, 2.24) is 10.9 Å². The van der Waals surface area contributed by atoms with E-state index in [-0.39, 0.29) is 12.6 Å². The second-order valence-electron chi connectivity index (χ2n) is 4.89. The van der Waals surface area contributed by atoms with E-state index in [4.69, 9.17) is 4.74 Å². The molecule has 1 atom stereocenters. The van der Waals surface area contributed by atoms with Crippen LogP contribution in [0.4, 0.5) is 4.79 Å². The molecule has 0 unspecified atom stereocenters. The van der Waals surface area contributed by atoms with Gasteiger partial charge in [-0.25, -0.2) is 10.2 Å². The molecule has 22 heavy (non-hydrogen) atoms. The van der Waals surface area contributed by atoms with Crippen LogP contribution in [0.25, 0.3) is 6.08 Å². The predicted octanol–water partition coefficient (Wildman–Crippen LogP) is 3.52. The highest BCUT2D eigenvalue weighted by atomic mass is 16.6. The van der Waals surface area contributed by atoms with Crippen molar-refractivity contribution in [1.29, 1.82) is 0 Å². The van der Waals surface area contributed by atoms with Crippen LogP contribution in [0.1, 0.15) is 18.1 Å². The Labute approximate surface area is 130 Å². The zero-order chi connectivity index (χ0) is 15.6. The number of rotatable bonds is 6. The maximum Gasteiger partial charge on any atom is 0.421 e. The van der Waals surface area contributed by atoms with Crippen molar-refractivity contribution < 1.29 is 9.53 Å². The molecule has 114 valence electrons. The van der Waals surface area contributed by atoms with Gasteiger partial charge in [0.2, 0.25) is 0 Å². The van der Waals surface area contributed by atoms with E-state index in [9.17, 15) is 4.79 Å². The minimum Gasteiger partial charge on any atom is -0.444 e. The summed E-state index contributed by atoms with van der Waals surface area (Å²) in [5.41, 5.74) is 7.47. The lowest BCUT2D eigenvalue weighted by Crippen LogP contribution is -2.42. The standard InChI is InChI=1S/C18H20N2O2/c1-15(12-13-16-8-4-2-5-9-16)19-20-18(21)22-14-17-10-6-3-7-11-17/h2-13,15,19H,14H2,1H3,(H,20,21)/b13-12+/t15-/m1/s1. The zero-order valence-corrected chi connectivity index (χ0v) is 12.5. The SMILES string of the molecule is C[C@H](/C=C/c1ccccc1)NNC(=O)OCc1ccccc1. The molecule has 4 nitrogen and oxygen atoms in total. The van der Waals surface area contributed by atoms with E-state index in [1.807, 2.05) is 79.7 Å². The van der Waals surface area contributed by atoms with E-state index in [0.29, 0.717) is 0 Å². The molecule has 2 rings (SSSR count). The predicted molar refractivity (Wildman–Crippen MR) is 87.8 cm³/mol. The quantitative estimate of drug-likeness (QED) is 0.802. The molecule has 0 aliphatic carbocycles. The van der Waals surface area contributed by atoms with Gasteiger partial charge >= 0.3 is 6.09 Å². The van der Waals surface area contributed by atoms with Gasteiger partial charge in [0, 0.05) is 6.04 Å².